The van der Waals surface area contributed by atoms with Gasteiger partial charge in [-0.3, -0.25) is 0 Å². The molecule has 0 spiro atoms. The molecule has 0 aliphatic carbocycles. The topological polar surface area (TPSA) is 88.0 Å². The van der Waals surface area contributed by atoms with E-state index in [2.05, 4.69) is 57.9 Å². The summed E-state index contributed by atoms with van der Waals surface area (Å²) in [5, 5.41) is 4.30. The van der Waals surface area contributed by atoms with Gasteiger partial charge in [0.25, 0.3) is 0 Å². The number of aromatic nitrogens is 3. The number of rotatable bonds is 5. The molecule has 0 saturated carbocycles. The van der Waals surface area contributed by atoms with Crippen molar-refractivity contribution in [3.8, 4) is 0 Å². The molecule has 2 saturated heterocycles. The average Bonchev–Trinajstić information content (AvgIpc) is 2.76. The molecule has 2 fully saturated rings. The van der Waals surface area contributed by atoms with Crippen LogP contribution in [0.5, 0.6) is 0 Å². The van der Waals surface area contributed by atoms with E-state index < -0.39 is 0 Å². The molecule has 0 radical (unpaired) electrons. The van der Waals surface area contributed by atoms with Crippen molar-refractivity contribution in [2.45, 2.75) is 0 Å². The van der Waals surface area contributed by atoms with E-state index >= 15 is 0 Å². The number of anilines is 3. The lowest BCUT2D eigenvalue weighted by atomic mass is 10.2. The van der Waals surface area contributed by atoms with E-state index in [0.29, 0.717) is 44.3 Å². The highest BCUT2D eigenvalue weighted by Crippen LogP contribution is 2.18. The van der Waals surface area contributed by atoms with Gasteiger partial charge in [-0.15, -0.1) is 0 Å². The van der Waals surface area contributed by atoms with Crippen LogP contribution in [0.3, 0.4) is 0 Å². The fourth-order valence-electron chi connectivity index (χ4n) is 2.93. The Morgan fingerprint density at radius 2 is 1.39 bits per heavy atom. The minimum atomic E-state index is 0.430. The van der Waals surface area contributed by atoms with Crippen LogP contribution in [-0.2, 0) is 9.47 Å². The third-order valence-corrected chi connectivity index (χ3v) is 5.17. The minimum absolute atomic E-state index is 0.430. The highest BCUT2D eigenvalue weighted by molar-refractivity contribution is 14.1. The molecule has 0 unspecified atom stereocenters. The fraction of sp³-hybridized carbons (Fsp3) is 0.444. The highest BCUT2D eigenvalue weighted by Gasteiger charge is 2.20. The summed E-state index contributed by atoms with van der Waals surface area (Å²) in [5.74, 6) is 1.72. The van der Waals surface area contributed by atoms with E-state index in [9.17, 15) is 0 Å². The Morgan fingerprint density at radius 1 is 0.857 bits per heavy atom. The predicted octanol–water partition coefficient (Wildman–Crippen LogP) is 1.60. The maximum atomic E-state index is 5.44. The van der Waals surface area contributed by atoms with Crippen LogP contribution in [0.15, 0.2) is 29.4 Å². The lowest BCUT2D eigenvalue weighted by molar-refractivity contribution is 0.121. The molecule has 2 aliphatic heterocycles. The van der Waals surface area contributed by atoms with Crippen LogP contribution in [-0.4, -0.2) is 73.8 Å². The third-order valence-electron chi connectivity index (χ3n) is 4.45. The second-order valence-corrected chi connectivity index (χ2v) is 7.63. The zero-order valence-corrected chi connectivity index (χ0v) is 17.6. The van der Waals surface area contributed by atoms with Crippen molar-refractivity contribution in [2.24, 2.45) is 5.10 Å². The van der Waals surface area contributed by atoms with Crippen molar-refractivity contribution in [3.63, 3.8) is 0 Å². The first-order valence-corrected chi connectivity index (χ1v) is 10.3. The van der Waals surface area contributed by atoms with Gasteiger partial charge in [0.05, 0.1) is 32.6 Å². The van der Waals surface area contributed by atoms with Crippen molar-refractivity contribution >= 4 is 46.7 Å². The normalized spacial score (nSPS) is 17.9. The minimum Gasteiger partial charge on any atom is -0.378 e. The Morgan fingerprint density at radius 3 is 1.93 bits per heavy atom. The quantitative estimate of drug-likeness (QED) is 0.381. The van der Waals surface area contributed by atoms with Gasteiger partial charge in [-0.05, 0) is 40.3 Å². The van der Waals surface area contributed by atoms with Crippen molar-refractivity contribution < 1.29 is 9.47 Å². The molecule has 9 nitrogen and oxygen atoms in total. The molecule has 4 rings (SSSR count). The van der Waals surface area contributed by atoms with Gasteiger partial charge in [-0.2, -0.15) is 20.1 Å². The summed E-state index contributed by atoms with van der Waals surface area (Å²) in [6, 6.07) is 8.10. The van der Waals surface area contributed by atoms with Gasteiger partial charge < -0.3 is 19.3 Å². The van der Waals surface area contributed by atoms with Gasteiger partial charge in [-0.1, -0.05) is 12.1 Å². The monoisotopic (exact) mass is 495 g/mol. The van der Waals surface area contributed by atoms with E-state index in [1.165, 1.54) is 3.57 Å². The molecule has 2 aromatic rings. The molecule has 0 atom stereocenters. The molecular weight excluding hydrogens is 473 g/mol. The first-order valence-electron chi connectivity index (χ1n) is 9.24. The van der Waals surface area contributed by atoms with Crippen LogP contribution in [0.1, 0.15) is 5.56 Å². The Kier molecular flexibility index (Phi) is 6.49. The number of hydrazone groups is 1. The van der Waals surface area contributed by atoms with E-state index in [-0.39, 0.29) is 0 Å². The molecule has 0 bridgehead atoms. The Labute approximate surface area is 177 Å². The zero-order valence-electron chi connectivity index (χ0n) is 15.4. The lowest BCUT2D eigenvalue weighted by Gasteiger charge is -2.30. The fourth-order valence-corrected chi connectivity index (χ4v) is 3.29. The molecule has 2 aliphatic rings. The van der Waals surface area contributed by atoms with Gasteiger partial charge in [0.1, 0.15) is 0 Å². The van der Waals surface area contributed by atoms with Gasteiger partial charge >= 0.3 is 0 Å². The van der Waals surface area contributed by atoms with Crippen molar-refractivity contribution in [1.29, 1.82) is 0 Å². The van der Waals surface area contributed by atoms with Gasteiger partial charge in [0, 0.05) is 29.7 Å². The molecule has 3 heterocycles. The summed E-state index contributed by atoms with van der Waals surface area (Å²) >= 11 is 2.28. The van der Waals surface area contributed by atoms with E-state index in [1.807, 2.05) is 24.3 Å². The van der Waals surface area contributed by atoms with E-state index in [4.69, 9.17) is 9.47 Å². The number of halogens is 1. The van der Waals surface area contributed by atoms with Gasteiger partial charge in [0.15, 0.2) is 0 Å². The number of hydrogen-bond acceptors (Lipinski definition) is 9. The van der Waals surface area contributed by atoms with Crippen molar-refractivity contribution in [1.82, 2.24) is 15.0 Å². The standard InChI is InChI=1S/C18H22IN7O2/c19-15-3-1-14(2-4-15)13-20-24-16-21-17(25-5-9-27-10-6-25)23-18(22-16)26-7-11-28-12-8-26/h1-4,13H,5-12H2,(H,21,22,23,24). The maximum absolute atomic E-state index is 5.44. The molecule has 148 valence electrons. The summed E-state index contributed by atoms with van der Waals surface area (Å²) in [4.78, 5) is 18.0. The zero-order chi connectivity index (χ0) is 19.2. The lowest BCUT2D eigenvalue weighted by Crippen LogP contribution is -2.40. The summed E-state index contributed by atoms with van der Waals surface area (Å²) in [5.41, 5.74) is 3.96. The number of morpholine rings is 2. The summed E-state index contributed by atoms with van der Waals surface area (Å²) in [7, 11) is 0. The first-order chi connectivity index (χ1) is 13.8. The number of ether oxygens (including phenoxy) is 2. The summed E-state index contributed by atoms with van der Waals surface area (Å²) < 4.78 is 12.1. The number of nitrogens with one attached hydrogen (secondary N) is 1. The molecule has 10 heteroatoms. The Hall–Kier alpha value is -2.05. The molecule has 1 N–H and O–H groups in total. The van der Waals surface area contributed by atoms with Gasteiger partial charge in [-0.25, -0.2) is 5.43 Å². The number of benzene rings is 1. The molecule has 28 heavy (non-hydrogen) atoms. The number of nitrogens with zero attached hydrogens (tertiary/aromatic N) is 6. The maximum Gasteiger partial charge on any atom is 0.250 e. The van der Waals surface area contributed by atoms with Gasteiger partial charge in [0.2, 0.25) is 17.8 Å². The van der Waals surface area contributed by atoms with Crippen molar-refractivity contribution in [3.05, 3.63) is 33.4 Å². The Balaban J connectivity index is 1.54. The molecule has 1 aromatic carbocycles. The summed E-state index contributed by atoms with van der Waals surface area (Å²) in [6.07, 6.45) is 1.75. The van der Waals surface area contributed by atoms with Crippen LogP contribution < -0.4 is 15.2 Å². The smallest absolute Gasteiger partial charge is 0.250 e. The van der Waals surface area contributed by atoms with Crippen LogP contribution in [0.25, 0.3) is 0 Å². The van der Waals surface area contributed by atoms with E-state index in [0.717, 1.165) is 31.7 Å². The van der Waals surface area contributed by atoms with Crippen LogP contribution in [0.4, 0.5) is 17.8 Å². The summed E-state index contributed by atoms with van der Waals surface area (Å²) in [6.45, 7) is 5.74. The average molecular weight is 495 g/mol. The molecular formula is C18H22IN7O2. The van der Waals surface area contributed by atoms with Crippen LogP contribution >= 0.6 is 22.6 Å². The van der Waals surface area contributed by atoms with Crippen molar-refractivity contribution in [2.75, 3.05) is 67.8 Å². The first kappa shape index (κ1) is 19.3. The molecule has 1 aromatic heterocycles. The molecule has 0 amide bonds. The highest BCUT2D eigenvalue weighted by atomic mass is 127. The predicted molar refractivity (Wildman–Crippen MR) is 116 cm³/mol. The van der Waals surface area contributed by atoms with E-state index in [1.54, 1.807) is 6.21 Å². The second-order valence-electron chi connectivity index (χ2n) is 6.38. The van der Waals surface area contributed by atoms with Crippen LogP contribution in [0, 0.1) is 3.57 Å². The van der Waals surface area contributed by atoms with Crippen LogP contribution in [0.2, 0.25) is 0 Å². The third kappa shape index (κ3) is 5.06. The Bertz CT molecular complexity index is 770. The second kappa shape index (κ2) is 9.43. The largest absolute Gasteiger partial charge is 0.378 e. The SMILES string of the molecule is Ic1ccc(C=NNc2nc(N3CCOCC3)nc(N3CCOCC3)n2)cc1. The number of hydrogen-bond donors (Lipinski definition) is 1.